The molecule has 1 fully saturated rings. The third-order valence-electron chi connectivity index (χ3n) is 2.25. The molecule has 0 aromatic carbocycles. The number of Topliss-reactive ketones (excluding diaryl/α,β-unsaturated/α-hetero) is 1. The second-order valence-electron chi connectivity index (χ2n) is 3.29. The van der Waals surface area contributed by atoms with E-state index in [1.807, 2.05) is 5.38 Å². The average Bonchev–Trinajstić information content (AvgIpc) is 2.72. The Morgan fingerprint density at radius 3 is 2.87 bits per heavy atom. The van der Waals surface area contributed by atoms with E-state index in [1.165, 1.54) is 11.3 Å². The Kier molecular flexibility index (Phi) is 5.17. The summed E-state index contributed by atoms with van der Waals surface area (Å²) in [6.45, 7) is 4.37. The standard InChI is InChI=1S/C9H13N3OS.ClH/c13-8(9-11-3-6-14-9)7-12-4-1-10-2-5-12;/h3,6,10H,1-2,4-5,7H2;1H. The van der Waals surface area contributed by atoms with Crippen molar-refractivity contribution in [2.45, 2.75) is 0 Å². The zero-order valence-electron chi connectivity index (χ0n) is 8.31. The van der Waals surface area contributed by atoms with Gasteiger partial charge in [-0.3, -0.25) is 9.69 Å². The zero-order chi connectivity index (χ0) is 9.80. The van der Waals surface area contributed by atoms with E-state index in [4.69, 9.17) is 0 Å². The van der Waals surface area contributed by atoms with E-state index in [1.54, 1.807) is 6.20 Å². The first-order valence-corrected chi connectivity index (χ1v) is 5.60. The normalized spacial score (nSPS) is 17.1. The van der Waals surface area contributed by atoms with Crippen molar-refractivity contribution in [3.63, 3.8) is 0 Å². The number of rotatable bonds is 3. The Morgan fingerprint density at radius 1 is 1.53 bits per heavy atom. The maximum atomic E-state index is 11.7. The first kappa shape index (κ1) is 12.6. The van der Waals surface area contributed by atoms with Crippen molar-refractivity contribution in [1.29, 1.82) is 0 Å². The second kappa shape index (κ2) is 6.17. The summed E-state index contributed by atoms with van der Waals surface area (Å²) in [4.78, 5) is 17.8. The number of piperazine rings is 1. The van der Waals surface area contributed by atoms with Crippen molar-refractivity contribution in [3.8, 4) is 0 Å². The van der Waals surface area contributed by atoms with Gasteiger partial charge in [0.15, 0.2) is 5.01 Å². The van der Waals surface area contributed by atoms with Crippen molar-refractivity contribution >= 4 is 29.5 Å². The highest BCUT2D eigenvalue weighted by Gasteiger charge is 2.15. The maximum absolute atomic E-state index is 11.7. The number of carbonyl (C=O) groups excluding carboxylic acids is 1. The molecule has 0 spiro atoms. The van der Waals surface area contributed by atoms with Crippen molar-refractivity contribution in [3.05, 3.63) is 16.6 Å². The van der Waals surface area contributed by atoms with Crippen LogP contribution in [-0.2, 0) is 0 Å². The van der Waals surface area contributed by atoms with E-state index in [0.29, 0.717) is 11.6 Å². The fourth-order valence-corrected chi connectivity index (χ4v) is 2.07. The largest absolute Gasteiger partial charge is 0.314 e. The lowest BCUT2D eigenvalue weighted by Crippen LogP contribution is -2.45. The van der Waals surface area contributed by atoms with Gasteiger partial charge in [0.1, 0.15) is 0 Å². The highest BCUT2D eigenvalue weighted by molar-refractivity contribution is 7.11. The monoisotopic (exact) mass is 247 g/mol. The third kappa shape index (κ3) is 3.53. The Morgan fingerprint density at radius 2 is 2.27 bits per heavy atom. The molecule has 0 saturated carbocycles. The lowest BCUT2D eigenvalue weighted by Gasteiger charge is -2.25. The van der Waals surface area contributed by atoms with Crippen molar-refractivity contribution in [2.75, 3.05) is 32.7 Å². The molecule has 2 heterocycles. The molecule has 1 aliphatic rings. The minimum absolute atomic E-state index is 0. The number of nitrogens with one attached hydrogen (secondary N) is 1. The van der Waals surface area contributed by atoms with Gasteiger partial charge in [-0.1, -0.05) is 0 Å². The molecule has 0 atom stereocenters. The summed E-state index contributed by atoms with van der Waals surface area (Å²) in [5, 5.41) is 5.72. The van der Waals surface area contributed by atoms with Gasteiger partial charge in [0, 0.05) is 37.8 Å². The Bertz CT molecular complexity index is 298. The highest BCUT2D eigenvalue weighted by atomic mass is 35.5. The van der Waals surface area contributed by atoms with Gasteiger partial charge in [0.25, 0.3) is 0 Å². The van der Waals surface area contributed by atoms with E-state index in [2.05, 4.69) is 15.2 Å². The van der Waals surface area contributed by atoms with Gasteiger partial charge in [-0.25, -0.2) is 4.98 Å². The number of hydrogen-bond donors (Lipinski definition) is 1. The fourth-order valence-electron chi connectivity index (χ4n) is 1.50. The van der Waals surface area contributed by atoms with Crippen molar-refractivity contribution in [1.82, 2.24) is 15.2 Å². The minimum Gasteiger partial charge on any atom is -0.314 e. The second-order valence-corrected chi connectivity index (χ2v) is 4.18. The first-order chi connectivity index (χ1) is 6.86. The van der Waals surface area contributed by atoms with Crippen molar-refractivity contribution in [2.24, 2.45) is 0 Å². The summed E-state index contributed by atoms with van der Waals surface area (Å²) >= 11 is 1.42. The van der Waals surface area contributed by atoms with Gasteiger partial charge in [0.05, 0.1) is 6.54 Å². The van der Waals surface area contributed by atoms with Crippen molar-refractivity contribution < 1.29 is 4.79 Å². The van der Waals surface area contributed by atoms with E-state index in [0.717, 1.165) is 26.2 Å². The van der Waals surface area contributed by atoms with Crippen LogP contribution in [0.1, 0.15) is 9.80 Å². The predicted octanol–water partition coefficient (Wildman–Crippen LogP) is 0.653. The van der Waals surface area contributed by atoms with Gasteiger partial charge in [-0.15, -0.1) is 23.7 Å². The molecule has 0 radical (unpaired) electrons. The molecule has 6 heteroatoms. The molecule has 1 aliphatic heterocycles. The number of thiazole rings is 1. The molecular weight excluding hydrogens is 234 g/mol. The summed E-state index contributed by atoms with van der Waals surface area (Å²) in [6, 6.07) is 0. The van der Waals surface area contributed by atoms with E-state index in [9.17, 15) is 4.79 Å². The molecule has 0 aliphatic carbocycles. The fraction of sp³-hybridized carbons (Fsp3) is 0.556. The Labute approximate surface area is 99.1 Å². The SMILES string of the molecule is Cl.O=C(CN1CCNCC1)c1nccs1. The van der Waals surface area contributed by atoms with Gasteiger partial charge >= 0.3 is 0 Å². The molecule has 1 N–H and O–H groups in total. The maximum Gasteiger partial charge on any atom is 0.205 e. The quantitative estimate of drug-likeness (QED) is 0.797. The van der Waals surface area contributed by atoms with Gasteiger partial charge in [0.2, 0.25) is 5.78 Å². The topological polar surface area (TPSA) is 45.2 Å². The summed E-state index contributed by atoms with van der Waals surface area (Å²) in [5.74, 6) is 0.141. The smallest absolute Gasteiger partial charge is 0.205 e. The minimum atomic E-state index is 0. The molecule has 1 aromatic rings. The Balaban J connectivity index is 0.00000112. The van der Waals surface area contributed by atoms with Crippen LogP contribution in [-0.4, -0.2) is 48.4 Å². The lowest BCUT2D eigenvalue weighted by molar-refractivity contribution is 0.0921. The highest BCUT2D eigenvalue weighted by Crippen LogP contribution is 2.06. The molecule has 1 saturated heterocycles. The molecule has 0 amide bonds. The number of aromatic nitrogens is 1. The molecule has 15 heavy (non-hydrogen) atoms. The summed E-state index contributed by atoms with van der Waals surface area (Å²) in [7, 11) is 0. The van der Waals surface area contributed by atoms with Crippen LogP contribution in [0.15, 0.2) is 11.6 Å². The van der Waals surface area contributed by atoms with Gasteiger partial charge < -0.3 is 5.32 Å². The van der Waals surface area contributed by atoms with Gasteiger partial charge in [-0.05, 0) is 0 Å². The molecule has 84 valence electrons. The van der Waals surface area contributed by atoms with Crippen LogP contribution < -0.4 is 5.32 Å². The first-order valence-electron chi connectivity index (χ1n) is 4.72. The van der Waals surface area contributed by atoms with Crippen LogP contribution in [0.3, 0.4) is 0 Å². The van der Waals surface area contributed by atoms with Crippen LogP contribution in [0.2, 0.25) is 0 Å². The average molecular weight is 248 g/mol. The molecule has 0 unspecified atom stereocenters. The lowest BCUT2D eigenvalue weighted by atomic mass is 10.3. The van der Waals surface area contributed by atoms with E-state index >= 15 is 0 Å². The molecular formula is C9H14ClN3OS. The van der Waals surface area contributed by atoms with E-state index < -0.39 is 0 Å². The van der Waals surface area contributed by atoms with Crippen LogP contribution in [0.5, 0.6) is 0 Å². The van der Waals surface area contributed by atoms with Crippen LogP contribution in [0, 0.1) is 0 Å². The number of ketones is 1. The summed E-state index contributed by atoms with van der Waals surface area (Å²) < 4.78 is 0. The molecule has 0 bridgehead atoms. The third-order valence-corrected chi connectivity index (χ3v) is 3.06. The number of nitrogens with zero attached hydrogens (tertiary/aromatic N) is 2. The van der Waals surface area contributed by atoms with E-state index in [-0.39, 0.29) is 18.2 Å². The number of hydrogen-bond acceptors (Lipinski definition) is 5. The molecule has 1 aromatic heterocycles. The molecule has 2 rings (SSSR count). The zero-order valence-corrected chi connectivity index (χ0v) is 9.94. The summed E-state index contributed by atoms with van der Waals surface area (Å²) in [5.41, 5.74) is 0. The van der Waals surface area contributed by atoms with Crippen LogP contribution >= 0.6 is 23.7 Å². The number of halogens is 1. The predicted molar refractivity (Wildman–Crippen MR) is 63.0 cm³/mol. The Hall–Kier alpha value is -0.490. The molecule has 4 nitrogen and oxygen atoms in total. The number of carbonyl (C=O) groups is 1. The van der Waals surface area contributed by atoms with Gasteiger partial charge in [-0.2, -0.15) is 0 Å². The van der Waals surface area contributed by atoms with Crippen LogP contribution in [0.25, 0.3) is 0 Å². The van der Waals surface area contributed by atoms with Crippen LogP contribution in [0.4, 0.5) is 0 Å². The summed E-state index contributed by atoms with van der Waals surface area (Å²) in [6.07, 6.45) is 1.68.